The van der Waals surface area contributed by atoms with Crippen molar-refractivity contribution in [2.24, 2.45) is 23.7 Å². The molecule has 0 amide bonds. The summed E-state index contributed by atoms with van der Waals surface area (Å²) in [6.45, 7) is -0.890. The maximum atomic E-state index is 10.4. The van der Waals surface area contributed by atoms with Crippen molar-refractivity contribution in [1.82, 2.24) is 0 Å². The molecule has 2 aliphatic heterocycles. The molecule has 5 atom stereocenters. The topological polar surface area (TPSA) is 147 Å². The van der Waals surface area contributed by atoms with Gasteiger partial charge in [0.05, 0.1) is 15.7 Å². The van der Waals surface area contributed by atoms with Crippen molar-refractivity contribution in [3.05, 3.63) is 28.8 Å². The number of aliphatic hydroxyl groups is 5. The van der Waals surface area contributed by atoms with E-state index >= 15 is 0 Å². The molecule has 6 fully saturated rings. The molecule has 6 aliphatic rings. The minimum Gasteiger partial charge on any atom is -0.460 e. The van der Waals surface area contributed by atoms with E-state index < -0.39 is 55.4 Å². The normalized spacial score (nSPS) is 49.3. The number of hydrogen-bond acceptors (Lipinski definition) is 10. The molecule has 2 heterocycles. The molecule has 1 aromatic carbocycles. The lowest BCUT2D eigenvalue weighted by Gasteiger charge is -2.68. The molecule has 3 unspecified atom stereocenters. The molecule has 1 aromatic rings. The lowest BCUT2D eigenvalue weighted by atomic mass is 9.47. The van der Waals surface area contributed by atoms with Crippen LogP contribution in [-0.4, -0.2) is 75.2 Å². The van der Waals surface area contributed by atoms with Crippen LogP contribution in [0.3, 0.4) is 0 Å². The zero-order valence-electron chi connectivity index (χ0n) is 21.7. The average Bonchev–Trinajstić information content (AvgIpc) is 2.82. The summed E-state index contributed by atoms with van der Waals surface area (Å²) in [7, 11) is -2.83. The SMILES string of the molecule is [2H]C([2H])([2H])OC1(c2ccc(Cl)c(O[C@@H]3OC(CO)C(O)(O)[C@H](O)C3O)c2)OOC12C1CC3CC(C1)CC2C3. The number of halogens is 1. The second-order valence-corrected chi connectivity index (χ2v) is 11.0. The van der Waals surface area contributed by atoms with E-state index in [1.165, 1.54) is 18.6 Å². The Kier molecular flexibility index (Phi) is 4.92. The zero-order valence-corrected chi connectivity index (χ0v) is 19.5. The van der Waals surface area contributed by atoms with Gasteiger partial charge in [0.2, 0.25) is 12.1 Å². The Morgan fingerprint density at radius 2 is 1.77 bits per heavy atom. The lowest BCUT2D eigenvalue weighted by Crippen LogP contribution is -2.76. The monoisotopic (exact) mass is 517 g/mol. The molecule has 11 heteroatoms. The first-order valence-electron chi connectivity index (χ1n) is 13.4. The van der Waals surface area contributed by atoms with E-state index in [-0.39, 0.29) is 28.2 Å². The number of ether oxygens (including phenoxy) is 3. The molecule has 7 rings (SSSR count). The van der Waals surface area contributed by atoms with E-state index in [1.54, 1.807) is 6.07 Å². The Bertz CT molecular complexity index is 1050. The second-order valence-electron chi connectivity index (χ2n) is 10.6. The van der Waals surface area contributed by atoms with E-state index in [0.717, 1.165) is 25.7 Å². The molecule has 5 N–H and O–H groups in total. The van der Waals surface area contributed by atoms with Crippen molar-refractivity contribution >= 4 is 11.6 Å². The maximum Gasteiger partial charge on any atom is 0.260 e. The van der Waals surface area contributed by atoms with Crippen molar-refractivity contribution in [3.63, 3.8) is 0 Å². The quantitative estimate of drug-likeness (QED) is 0.280. The van der Waals surface area contributed by atoms with Crippen molar-refractivity contribution in [1.29, 1.82) is 0 Å². The summed E-state index contributed by atoms with van der Waals surface area (Å²) in [5.41, 5.74) is -0.748. The maximum absolute atomic E-state index is 10.4. The minimum absolute atomic E-state index is 0.0288. The van der Waals surface area contributed by atoms with Crippen LogP contribution < -0.4 is 4.74 Å². The Balaban J connectivity index is 1.36. The molecule has 4 bridgehead atoms. The van der Waals surface area contributed by atoms with E-state index in [4.69, 9.17) is 39.7 Å². The predicted molar refractivity (Wildman–Crippen MR) is 118 cm³/mol. The number of aliphatic hydroxyl groups excluding tert-OH is 3. The summed E-state index contributed by atoms with van der Waals surface area (Å²) in [5, 5.41) is 50.2. The van der Waals surface area contributed by atoms with Gasteiger partial charge in [0, 0.05) is 12.6 Å². The number of rotatable bonds is 5. The molecule has 0 aromatic heterocycles. The molecule has 10 nitrogen and oxygen atoms in total. The van der Waals surface area contributed by atoms with Crippen LogP contribution in [0.15, 0.2) is 18.2 Å². The molecule has 1 spiro atoms. The second kappa shape index (κ2) is 8.22. The fourth-order valence-electron chi connectivity index (χ4n) is 7.33. The highest BCUT2D eigenvalue weighted by atomic mass is 35.5. The smallest absolute Gasteiger partial charge is 0.260 e. The summed E-state index contributed by atoms with van der Waals surface area (Å²) >= 11 is 6.37. The third-order valence-corrected chi connectivity index (χ3v) is 9.15. The Labute approximate surface area is 211 Å². The van der Waals surface area contributed by atoms with Crippen LogP contribution in [-0.2, 0) is 25.0 Å². The highest BCUT2D eigenvalue weighted by Crippen LogP contribution is 2.69. The van der Waals surface area contributed by atoms with Crippen LogP contribution in [0.4, 0.5) is 0 Å². The summed E-state index contributed by atoms with van der Waals surface area (Å²) in [4.78, 5) is 11.5. The number of methoxy groups -OCH3 is 1. The molecule has 35 heavy (non-hydrogen) atoms. The zero-order chi connectivity index (χ0) is 27.3. The van der Waals surface area contributed by atoms with Crippen LogP contribution in [0.5, 0.6) is 5.75 Å². The van der Waals surface area contributed by atoms with Crippen LogP contribution in [0.2, 0.25) is 5.02 Å². The van der Waals surface area contributed by atoms with Gasteiger partial charge >= 0.3 is 0 Å². The van der Waals surface area contributed by atoms with Crippen molar-refractivity contribution in [2.45, 2.75) is 73.9 Å². The lowest BCUT2D eigenvalue weighted by molar-refractivity contribution is -0.645. The summed E-state index contributed by atoms with van der Waals surface area (Å²) in [6.07, 6.45) is -2.72. The summed E-state index contributed by atoms with van der Waals surface area (Å²) in [5.74, 6) is -3.62. The highest BCUT2D eigenvalue weighted by Gasteiger charge is 2.76. The first-order valence-corrected chi connectivity index (χ1v) is 12.3. The fraction of sp³-hybridized carbons (Fsp3) is 0.750. The van der Waals surface area contributed by atoms with Gasteiger partial charge in [-0.3, -0.25) is 0 Å². The van der Waals surface area contributed by atoms with Gasteiger partial charge in [-0.05, 0) is 67.9 Å². The van der Waals surface area contributed by atoms with Gasteiger partial charge in [0.25, 0.3) is 5.79 Å². The molecule has 4 saturated carbocycles. The van der Waals surface area contributed by atoms with Gasteiger partial charge in [-0.25, -0.2) is 4.89 Å². The van der Waals surface area contributed by atoms with Gasteiger partial charge < -0.3 is 39.7 Å². The highest BCUT2D eigenvalue weighted by molar-refractivity contribution is 6.32. The summed E-state index contributed by atoms with van der Waals surface area (Å²) in [6, 6.07) is 4.41. The molecule has 4 aliphatic carbocycles. The standard InChI is InChI=1S/C24H31ClO10/c1-31-24(22(34-35-24)14-5-11-4-12(7-14)8-15(22)6-11)13-2-3-16(25)17(9-13)32-21-19(27)20(28)23(29,30)18(10-26)33-21/h2-3,9,11-12,14-15,18-21,26-30H,4-8,10H2,1H3/t11?,12?,14?,15?,18?,19?,20-,21-,22?,24?/m1/s1/i1D3. The predicted octanol–water partition coefficient (Wildman–Crippen LogP) is 0.795. The van der Waals surface area contributed by atoms with Crippen molar-refractivity contribution < 1.29 is 53.6 Å². The minimum atomic E-state index is -2.93. The first kappa shape index (κ1) is 20.9. The van der Waals surface area contributed by atoms with Crippen LogP contribution in [0.1, 0.15) is 41.8 Å². The Morgan fingerprint density at radius 3 is 2.34 bits per heavy atom. The number of benzene rings is 1. The van der Waals surface area contributed by atoms with Crippen LogP contribution in [0.25, 0.3) is 0 Å². The molecule has 2 saturated heterocycles. The van der Waals surface area contributed by atoms with Gasteiger partial charge in [-0.15, -0.1) is 0 Å². The Hall–Kier alpha value is -1.05. The number of hydrogen-bond donors (Lipinski definition) is 5. The van der Waals surface area contributed by atoms with Crippen molar-refractivity contribution in [2.75, 3.05) is 13.6 Å². The van der Waals surface area contributed by atoms with E-state index in [2.05, 4.69) is 0 Å². The molecular weight excluding hydrogens is 484 g/mol. The van der Waals surface area contributed by atoms with Gasteiger partial charge in [-0.1, -0.05) is 17.7 Å². The molecule has 0 radical (unpaired) electrons. The van der Waals surface area contributed by atoms with Crippen LogP contribution in [0, 0.1) is 23.7 Å². The van der Waals surface area contributed by atoms with Gasteiger partial charge in [-0.2, -0.15) is 4.89 Å². The van der Waals surface area contributed by atoms with Gasteiger partial charge in [0.1, 0.15) is 24.1 Å². The largest absolute Gasteiger partial charge is 0.460 e. The fourth-order valence-corrected chi connectivity index (χ4v) is 7.49. The third-order valence-electron chi connectivity index (χ3n) is 8.84. The first-order chi connectivity index (χ1) is 17.8. The van der Waals surface area contributed by atoms with Crippen LogP contribution >= 0.6 is 11.6 Å². The van der Waals surface area contributed by atoms with E-state index in [1.807, 2.05) is 0 Å². The average molecular weight is 518 g/mol. The van der Waals surface area contributed by atoms with Gasteiger partial charge in [0.15, 0.2) is 5.60 Å². The Morgan fingerprint density at radius 1 is 1.09 bits per heavy atom. The summed E-state index contributed by atoms with van der Waals surface area (Å²) < 4.78 is 40.6. The van der Waals surface area contributed by atoms with Crippen molar-refractivity contribution in [3.8, 4) is 5.75 Å². The van der Waals surface area contributed by atoms with E-state index in [0.29, 0.717) is 11.8 Å². The third kappa shape index (κ3) is 3.22. The molecule has 194 valence electrons. The van der Waals surface area contributed by atoms with E-state index in [9.17, 15) is 25.5 Å². The molecular formula is C24H31ClO10.